The molecule has 1 spiro atoms. The molecule has 2 bridgehead atoms. The Bertz CT molecular complexity index is 816. The average molecular weight is 474 g/mol. The SMILES string of the molecule is CN(C)CCCCCNC(=O)[C@H]1[C@H](C(=O)Nc2ccc(Br)cc2)[C@H]2C=C[C@H]1C21CC1. The van der Waals surface area contributed by atoms with Gasteiger partial charge in [0.05, 0.1) is 11.8 Å². The number of nitrogens with zero attached hydrogens (tertiary/aromatic N) is 1. The van der Waals surface area contributed by atoms with Crippen molar-refractivity contribution in [1.82, 2.24) is 10.2 Å². The van der Waals surface area contributed by atoms with Crippen LogP contribution in [0.1, 0.15) is 32.1 Å². The van der Waals surface area contributed by atoms with E-state index in [0.717, 1.165) is 48.8 Å². The molecule has 0 radical (unpaired) electrons. The number of carbonyl (C=O) groups is 2. The highest BCUT2D eigenvalue weighted by Crippen LogP contribution is 2.72. The van der Waals surface area contributed by atoms with E-state index in [2.05, 4.69) is 57.7 Å². The molecular weight excluding hydrogens is 442 g/mol. The normalized spacial score (nSPS) is 27.6. The van der Waals surface area contributed by atoms with Gasteiger partial charge < -0.3 is 15.5 Å². The van der Waals surface area contributed by atoms with Crippen molar-refractivity contribution in [3.05, 3.63) is 40.9 Å². The van der Waals surface area contributed by atoms with Gasteiger partial charge >= 0.3 is 0 Å². The maximum atomic E-state index is 13.3. The summed E-state index contributed by atoms with van der Waals surface area (Å²) in [5.41, 5.74) is 0.940. The Morgan fingerprint density at radius 2 is 1.63 bits per heavy atom. The van der Waals surface area contributed by atoms with Crippen LogP contribution in [0.4, 0.5) is 5.69 Å². The summed E-state index contributed by atoms with van der Waals surface area (Å²) in [4.78, 5) is 28.6. The Morgan fingerprint density at radius 3 is 2.23 bits per heavy atom. The molecule has 30 heavy (non-hydrogen) atoms. The van der Waals surface area contributed by atoms with Gasteiger partial charge in [-0.05, 0) is 87.8 Å². The van der Waals surface area contributed by atoms with Gasteiger partial charge in [-0.15, -0.1) is 0 Å². The summed E-state index contributed by atoms with van der Waals surface area (Å²) in [5.74, 6) is -0.0985. The summed E-state index contributed by atoms with van der Waals surface area (Å²) in [6, 6.07) is 7.61. The molecule has 2 fully saturated rings. The molecule has 6 heteroatoms. The zero-order valence-electron chi connectivity index (χ0n) is 17.9. The van der Waals surface area contributed by atoms with Crippen molar-refractivity contribution in [1.29, 1.82) is 0 Å². The van der Waals surface area contributed by atoms with Crippen LogP contribution in [0.2, 0.25) is 0 Å². The Kier molecular flexibility index (Phi) is 6.35. The van der Waals surface area contributed by atoms with Crippen molar-refractivity contribution in [3.63, 3.8) is 0 Å². The number of nitrogens with one attached hydrogen (secondary N) is 2. The Balaban J connectivity index is 1.39. The Hall–Kier alpha value is -1.66. The van der Waals surface area contributed by atoms with Crippen molar-refractivity contribution < 1.29 is 9.59 Å². The molecule has 0 heterocycles. The maximum Gasteiger partial charge on any atom is 0.228 e. The minimum Gasteiger partial charge on any atom is -0.356 e. The van der Waals surface area contributed by atoms with Gasteiger partial charge in [-0.2, -0.15) is 0 Å². The molecule has 5 nitrogen and oxygen atoms in total. The van der Waals surface area contributed by atoms with E-state index < -0.39 is 0 Å². The molecule has 0 aliphatic heterocycles. The summed E-state index contributed by atoms with van der Waals surface area (Å²) in [6.45, 7) is 1.77. The third kappa shape index (κ3) is 4.22. The molecule has 4 atom stereocenters. The monoisotopic (exact) mass is 473 g/mol. The summed E-state index contributed by atoms with van der Waals surface area (Å²) < 4.78 is 0.975. The van der Waals surface area contributed by atoms with E-state index in [1.165, 1.54) is 0 Å². The average Bonchev–Trinajstić information content (AvgIpc) is 3.38. The van der Waals surface area contributed by atoms with Crippen LogP contribution in [-0.4, -0.2) is 43.9 Å². The molecule has 1 aromatic rings. The van der Waals surface area contributed by atoms with Gasteiger partial charge in [0.1, 0.15) is 0 Å². The lowest BCUT2D eigenvalue weighted by Gasteiger charge is -2.26. The fourth-order valence-electron chi connectivity index (χ4n) is 5.53. The molecule has 2 N–H and O–H groups in total. The van der Waals surface area contributed by atoms with Gasteiger partial charge in [-0.3, -0.25) is 9.59 Å². The second-order valence-electron chi connectivity index (χ2n) is 9.37. The number of benzene rings is 1. The molecule has 4 rings (SSSR count). The molecule has 0 unspecified atom stereocenters. The fraction of sp³-hybridized carbons (Fsp3) is 0.583. The largest absolute Gasteiger partial charge is 0.356 e. The molecule has 0 aromatic heterocycles. The van der Waals surface area contributed by atoms with Gasteiger partial charge in [0.2, 0.25) is 11.8 Å². The second kappa shape index (κ2) is 8.83. The minimum atomic E-state index is -0.278. The number of hydrogen-bond acceptors (Lipinski definition) is 3. The molecule has 162 valence electrons. The number of allylic oxidation sites excluding steroid dienone is 2. The number of amides is 2. The van der Waals surface area contributed by atoms with Crippen LogP contribution in [0.3, 0.4) is 0 Å². The first-order chi connectivity index (χ1) is 14.4. The van der Waals surface area contributed by atoms with Crippen LogP contribution in [0, 0.1) is 29.1 Å². The lowest BCUT2D eigenvalue weighted by molar-refractivity contribution is -0.132. The van der Waals surface area contributed by atoms with Crippen molar-refractivity contribution in [3.8, 4) is 0 Å². The van der Waals surface area contributed by atoms with Crippen LogP contribution >= 0.6 is 15.9 Å². The van der Waals surface area contributed by atoms with Crippen molar-refractivity contribution in [2.45, 2.75) is 32.1 Å². The zero-order chi connectivity index (χ0) is 21.3. The Labute approximate surface area is 187 Å². The molecule has 1 aromatic carbocycles. The van der Waals surface area contributed by atoms with Crippen molar-refractivity contribution in [2.75, 3.05) is 32.5 Å². The first-order valence-corrected chi connectivity index (χ1v) is 11.9. The molecular formula is C24H32BrN3O2. The van der Waals surface area contributed by atoms with E-state index in [9.17, 15) is 9.59 Å². The molecule has 3 aliphatic carbocycles. The topological polar surface area (TPSA) is 61.4 Å². The third-order valence-corrected chi connectivity index (χ3v) is 7.67. The van der Waals surface area contributed by atoms with Gasteiger partial charge in [-0.1, -0.05) is 34.5 Å². The number of anilines is 1. The van der Waals surface area contributed by atoms with E-state index in [0.29, 0.717) is 6.54 Å². The number of rotatable bonds is 9. The highest BCUT2D eigenvalue weighted by Gasteiger charge is 2.69. The molecule has 2 amide bonds. The predicted octanol–water partition coefficient (Wildman–Crippen LogP) is 4.06. The lowest BCUT2D eigenvalue weighted by atomic mass is 9.81. The Morgan fingerprint density at radius 1 is 1.00 bits per heavy atom. The predicted molar refractivity (Wildman–Crippen MR) is 123 cm³/mol. The lowest BCUT2D eigenvalue weighted by Crippen LogP contribution is -2.42. The van der Waals surface area contributed by atoms with Crippen LogP contribution in [0.15, 0.2) is 40.9 Å². The first-order valence-electron chi connectivity index (χ1n) is 11.1. The first kappa shape index (κ1) is 21.6. The van der Waals surface area contributed by atoms with E-state index in [1.807, 2.05) is 24.3 Å². The summed E-state index contributed by atoms with van der Waals surface area (Å²) in [5, 5.41) is 6.21. The van der Waals surface area contributed by atoms with Gasteiger partial charge in [0.25, 0.3) is 0 Å². The van der Waals surface area contributed by atoms with E-state index in [1.54, 1.807) is 0 Å². The van der Waals surface area contributed by atoms with Crippen LogP contribution in [-0.2, 0) is 9.59 Å². The fourth-order valence-corrected chi connectivity index (χ4v) is 5.79. The highest BCUT2D eigenvalue weighted by atomic mass is 79.9. The number of halogens is 1. The summed E-state index contributed by atoms with van der Waals surface area (Å²) in [7, 11) is 4.16. The zero-order valence-corrected chi connectivity index (χ0v) is 19.5. The third-order valence-electron chi connectivity index (χ3n) is 7.14. The van der Waals surface area contributed by atoms with Gasteiger partial charge in [0, 0.05) is 16.7 Å². The highest BCUT2D eigenvalue weighted by molar-refractivity contribution is 9.10. The second-order valence-corrected chi connectivity index (χ2v) is 10.3. The maximum absolute atomic E-state index is 13.3. The number of unbranched alkanes of at least 4 members (excludes halogenated alkanes) is 2. The quantitative estimate of drug-likeness (QED) is 0.419. The van der Waals surface area contributed by atoms with Crippen molar-refractivity contribution >= 4 is 33.4 Å². The van der Waals surface area contributed by atoms with Crippen molar-refractivity contribution in [2.24, 2.45) is 29.1 Å². The smallest absolute Gasteiger partial charge is 0.228 e. The molecule has 0 saturated heterocycles. The summed E-state index contributed by atoms with van der Waals surface area (Å²) in [6.07, 6.45) is 9.90. The molecule has 2 saturated carbocycles. The van der Waals surface area contributed by atoms with E-state index >= 15 is 0 Å². The van der Waals surface area contributed by atoms with Gasteiger partial charge in [-0.25, -0.2) is 0 Å². The standard InChI is InChI=1S/C24H32BrN3O2/c1-28(2)15-5-3-4-14-26-22(29)20-18-10-11-19(24(18)12-13-24)21(20)23(30)27-17-8-6-16(25)7-9-17/h6-11,18-21H,3-5,12-15H2,1-2H3,(H,26,29)(H,27,30)/t18-,19-,20-,21-/m1/s1. The molecule has 3 aliphatic rings. The van der Waals surface area contributed by atoms with Crippen LogP contribution in [0.5, 0.6) is 0 Å². The number of hydrogen-bond donors (Lipinski definition) is 2. The summed E-state index contributed by atoms with van der Waals surface area (Å²) >= 11 is 3.43. The van der Waals surface area contributed by atoms with Gasteiger partial charge in [0.15, 0.2) is 0 Å². The minimum absolute atomic E-state index is 0.0217. The van der Waals surface area contributed by atoms with E-state index in [-0.39, 0.29) is 40.9 Å². The van der Waals surface area contributed by atoms with Crippen LogP contribution < -0.4 is 10.6 Å². The number of carbonyl (C=O) groups excluding carboxylic acids is 2. The van der Waals surface area contributed by atoms with Crippen LogP contribution in [0.25, 0.3) is 0 Å². The van der Waals surface area contributed by atoms with E-state index in [4.69, 9.17) is 0 Å².